The van der Waals surface area contributed by atoms with Crippen molar-refractivity contribution in [2.24, 2.45) is 0 Å². The van der Waals surface area contributed by atoms with Crippen LogP contribution in [-0.2, 0) is 0 Å². The number of ether oxygens (including phenoxy) is 1. The van der Waals surface area contributed by atoms with Gasteiger partial charge in [0.05, 0.1) is 12.1 Å². The highest BCUT2D eigenvalue weighted by Gasteiger charge is 2.09. The van der Waals surface area contributed by atoms with Gasteiger partial charge in [0.2, 0.25) is 5.95 Å². The smallest absolute Gasteiger partial charge is 0.229 e. The third kappa shape index (κ3) is 3.80. The number of aryl methyl sites for hydroxylation is 1. The first-order valence-electron chi connectivity index (χ1n) is 7.28. The molecule has 0 amide bonds. The van der Waals surface area contributed by atoms with Crippen molar-refractivity contribution in [3.05, 3.63) is 35.0 Å². The topological polar surface area (TPSA) is 50.3 Å². The fourth-order valence-electron chi connectivity index (χ4n) is 2.19. The third-order valence-corrected chi connectivity index (χ3v) is 3.63. The van der Waals surface area contributed by atoms with Crippen LogP contribution in [0.4, 0.5) is 17.5 Å². The van der Waals surface area contributed by atoms with Crippen LogP contribution in [0, 0.1) is 6.92 Å². The monoisotopic (exact) mass is 320 g/mol. The number of anilines is 3. The molecule has 0 aliphatic carbocycles. The fraction of sp³-hybridized carbons (Fsp3) is 0.375. The predicted molar refractivity (Wildman–Crippen MR) is 91.6 cm³/mol. The fourth-order valence-corrected chi connectivity index (χ4v) is 2.45. The Hall–Kier alpha value is -2.01. The number of halogens is 1. The number of methoxy groups -OCH3 is 1. The van der Waals surface area contributed by atoms with Crippen molar-refractivity contribution < 1.29 is 4.74 Å². The molecule has 1 aromatic carbocycles. The second-order valence-electron chi connectivity index (χ2n) is 4.84. The van der Waals surface area contributed by atoms with Gasteiger partial charge >= 0.3 is 0 Å². The molecule has 0 spiro atoms. The Morgan fingerprint density at radius 1 is 1.18 bits per heavy atom. The minimum Gasteiger partial charge on any atom is -0.495 e. The van der Waals surface area contributed by atoms with E-state index in [1.165, 1.54) is 0 Å². The lowest BCUT2D eigenvalue weighted by molar-refractivity contribution is 0.415. The summed E-state index contributed by atoms with van der Waals surface area (Å²) in [6, 6.07) is 7.47. The number of rotatable bonds is 6. The summed E-state index contributed by atoms with van der Waals surface area (Å²) in [4.78, 5) is 11.2. The minimum atomic E-state index is 0.545. The summed E-state index contributed by atoms with van der Waals surface area (Å²) in [5.74, 6) is 2.11. The molecule has 2 aromatic rings. The number of benzene rings is 1. The maximum absolute atomic E-state index is 6.14. The van der Waals surface area contributed by atoms with Crippen molar-refractivity contribution in [2.45, 2.75) is 20.8 Å². The van der Waals surface area contributed by atoms with E-state index in [1.54, 1.807) is 13.2 Å². The number of hydrogen-bond donors (Lipinski definition) is 1. The SMILES string of the molecule is CCN(CC)c1cc(C)nc(Nc2ccc(OC)c(Cl)c2)n1. The quantitative estimate of drug-likeness (QED) is 0.870. The van der Waals surface area contributed by atoms with Crippen molar-refractivity contribution in [2.75, 3.05) is 30.4 Å². The molecule has 0 saturated carbocycles. The Labute approximate surface area is 136 Å². The zero-order valence-electron chi connectivity index (χ0n) is 13.4. The Morgan fingerprint density at radius 2 is 1.91 bits per heavy atom. The minimum absolute atomic E-state index is 0.545. The highest BCUT2D eigenvalue weighted by molar-refractivity contribution is 6.32. The summed E-state index contributed by atoms with van der Waals surface area (Å²) < 4.78 is 5.15. The molecule has 0 saturated heterocycles. The molecule has 0 bridgehead atoms. The first-order valence-corrected chi connectivity index (χ1v) is 7.66. The van der Waals surface area contributed by atoms with Gasteiger partial charge < -0.3 is 15.0 Å². The van der Waals surface area contributed by atoms with Crippen molar-refractivity contribution in [1.29, 1.82) is 0 Å². The number of aromatic nitrogens is 2. The van der Waals surface area contributed by atoms with Crippen LogP contribution in [-0.4, -0.2) is 30.2 Å². The first-order chi connectivity index (χ1) is 10.6. The molecule has 118 valence electrons. The molecule has 0 unspecified atom stereocenters. The maximum Gasteiger partial charge on any atom is 0.229 e. The van der Waals surface area contributed by atoms with E-state index in [0.717, 1.165) is 30.3 Å². The molecule has 6 heteroatoms. The van der Waals surface area contributed by atoms with Gasteiger partial charge in [-0.25, -0.2) is 4.98 Å². The summed E-state index contributed by atoms with van der Waals surface area (Å²) in [7, 11) is 1.59. The molecule has 1 heterocycles. The van der Waals surface area contributed by atoms with E-state index in [1.807, 2.05) is 25.1 Å². The summed E-state index contributed by atoms with van der Waals surface area (Å²) in [5, 5.41) is 3.74. The highest BCUT2D eigenvalue weighted by Crippen LogP contribution is 2.28. The van der Waals surface area contributed by atoms with E-state index in [2.05, 4.69) is 34.0 Å². The van der Waals surface area contributed by atoms with Gasteiger partial charge in [-0.1, -0.05) is 11.6 Å². The van der Waals surface area contributed by atoms with E-state index in [-0.39, 0.29) is 0 Å². The highest BCUT2D eigenvalue weighted by atomic mass is 35.5. The number of nitrogens with one attached hydrogen (secondary N) is 1. The van der Waals surface area contributed by atoms with Crippen LogP contribution in [0.15, 0.2) is 24.3 Å². The molecule has 5 nitrogen and oxygen atoms in total. The van der Waals surface area contributed by atoms with Crippen LogP contribution in [0.1, 0.15) is 19.5 Å². The van der Waals surface area contributed by atoms with Crippen molar-refractivity contribution in [3.63, 3.8) is 0 Å². The Balaban J connectivity index is 2.27. The summed E-state index contributed by atoms with van der Waals surface area (Å²) in [6.07, 6.45) is 0. The summed E-state index contributed by atoms with van der Waals surface area (Å²) >= 11 is 6.14. The summed E-state index contributed by atoms with van der Waals surface area (Å²) in [5.41, 5.74) is 1.74. The second-order valence-corrected chi connectivity index (χ2v) is 5.24. The van der Waals surface area contributed by atoms with Crippen LogP contribution in [0.2, 0.25) is 5.02 Å². The van der Waals surface area contributed by atoms with E-state index in [9.17, 15) is 0 Å². The van der Waals surface area contributed by atoms with Gasteiger partial charge in [-0.3, -0.25) is 0 Å². The van der Waals surface area contributed by atoms with Crippen LogP contribution < -0.4 is 15.0 Å². The maximum atomic E-state index is 6.14. The molecule has 0 radical (unpaired) electrons. The normalized spacial score (nSPS) is 10.4. The van der Waals surface area contributed by atoms with Crippen LogP contribution in [0.3, 0.4) is 0 Å². The molecule has 1 N–H and O–H groups in total. The molecule has 22 heavy (non-hydrogen) atoms. The molecular formula is C16H21ClN4O. The Morgan fingerprint density at radius 3 is 2.50 bits per heavy atom. The average molecular weight is 321 g/mol. The van der Waals surface area contributed by atoms with Crippen LogP contribution in [0.5, 0.6) is 5.75 Å². The van der Waals surface area contributed by atoms with Gasteiger partial charge in [0, 0.05) is 30.5 Å². The number of hydrogen-bond acceptors (Lipinski definition) is 5. The first kappa shape index (κ1) is 16.4. The summed E-state index contributed by atoms with van der Waals surface area (Å²) in [6.45, 7) is 7.98. The van der Waals surface area contributed by atoms with E-state index >= 15 is 0 Å². The van der Waals surface area contributed by atoms with Crippen LogP contribution in [0.25, 0.3) is 0 Å². The lowest BCUT2D eigenvalue weighted by Gasteiger charge is -2.20. The molecule has 2 rings (SSSR count). The van der Waals surface area contributed by atoms with E-state index in [0.29, 0.717) is 16.7 Å². The zero-order valence-corrected chi connectivity index (χ0v) is 14.1. The lowest BCUT2D eigenvalue weighted by atomic mass is 10.3. The van der Waals surface area contributed by atoms with Crippen LogP contribution >= 0.6 is 11.6 Å². The molecule has 0 aliphatic rings. The predicted octanol–water partition coefficient (Wildman–Crippen LogP) is 4.04. The van der Waals surface area contributed by atoms with Crippen molar-refractivity contribution >= 4 is 29.1 Å². The van der Waals surface area contributed by atoms with Crippen molar-refractivity contribution in [1.82, 2.24) is 9.97 Å². The average Bonchev–Trinajstić information content (AvgIpc) is 2.48. The molecule has 1 aromatic heterocycles. The largest absolute Gasteiger partial charge is 0.495 e. The van der Waals surface area contributed by atoms with E-state index < -0.39 is 0 Å². The lowest BCUT2D eigenvalue weighted by Crippen LogP contribution is -2.23. The van der Waals surface area contributed by atoms with Gasteiger partial charge in [-0.05, 0) is 39.0 Å². The molecule has 0 fully saturated rings. The van der Waals surface area contributed by atoms with Gasteiger partial charge in [0.1, 0.15) is 11.6 Å². The van der Waals surface area contributed by atoms with Gasteiger partial charge in [-0.2, -0.15) is 4.98 Å². The third-order valence-electron chi connectivity index (χ3n) is 3.34. The Bertz CT molecular complexity index is 644. The van der Waals surface area contributed by atoms with Gasteiger partial charge in [-0.15, -0.1) is 0 Å². The molecule has 0 aliphatic heterocycles. The van der Waals surface area contributed by atoms with Gasteiger partial charge in [0.25, 0.3) is 0 Å². The Kier molecular flexibility index (Phi) is 5.44. The zero-order chi connectivity index (χ0) is 16.1. The van der Waals surface area contributed by atoms with Gasteiger partial charge in [0.15, 0.2) is 0 Å². The molecule has 0 atom stereocenters. The van der Waals surface area contributed by atoms with Crippen molar-refractivity contribution in [3.8, 4) is 5.75 Å². The molecular weight excluding hydrogens is 300 g/mol. The number of nitrogens with zero attached hydrogens (tertiary/aromatic N) is 3. The second kappa shape index (κ2) is 7.31. The standard InChI is InChI=1S/C16H21ClN4O/c1-5-21(6-2)15-9-11(3)18-16(20-15)19-12-7-8-14(22-4)13(17)10-12/h7-10H,5-6H2,1-4H3,(H,18,19,20). The van der Waals surface area contributed by atoms with E-state index in [4.69, 9.17) is 16.3 Å².